The second kappa shape index (κ2) is 12.5. The highest BCUT2D eigenvalue weighted by molar-refractivity contribution is 6.31. The van der Waals surface area contributed by atoms with Crippen molar-refractivity contribution in [3.05, 3.63) is 64.1 Å². The number of aliphatic imine (C=N–C) groups is 1. The van der Waals surface area contributed by atoms with Crippen LogP contribution in [-0.2, 0) is 0 Å². The van der Waals surface area contributed by atoms with Crippen molar-refractivity contribution in [2.75, 3.05) is 12.4 Å². The number of anilines is 1. The number of guanidine groups is 1. The Morgan fingerprint density at radius 2 is 1.79 bits per heavy atom. The van der Waals surface area contributed by atoms with Gasteiger partial charge in [-0.25, -0.2) is 4.99 Å². The molecular weight excluding hydrogens is 548 g/mol. The largest absolute Gasteiger partial charge is 0.392 e. The van der Waals surface area contributed by atoms with Crippen LogP contribution >= 0.6 is 23.2 Å². The number of carbonyl (C=O) groups excluding carboxylic acids is 1. The van der Waals surface area contributed by atoms with Crippen LogP contribution in [0.3, 0.4) is 0 Å². The summed E-state index contributed by atoms with van der Waals surface area (Å²) in [6.45, 7) is 7.55. The number of nitrogens with one attached hydrogen (secondary N) is 2. The summed E-state index contributed by atoms with van der Waals surface area (Å²) in [6, 6.07) is 13.2. The number of rotatable bonds is 6. The minimum Gasteiger partial charge on any atom is -0.326 e. The first-order chi connectivity index (χ1) is 18.3. The SMILES string of the molecule is CCCC1(N=C(NC(=O)c2ccc(Cl)cc2)Nc2cccc(Cl)c2)C(C)C(C(F)(F)F)CCC(C)(CC)N1C. The number of nitrogens with zero attached hydrogens (tertiary/aromatic N) is 2. The molecule has 10 heteroatoms. The van der Waals surface area contributed by atoms with E-state index in [-0.39, 0.29) is 12.4 Å². The van der Waals surface area contributed by atoms with Crippen LogP contribution < -0.4 is 10.6 Å². The van der Waals surface area contributed by atoms with E-state index in [1.165, 1.54) is 0 Å². The molecule has 39 heavy (non-hydrogen) atoms. The molecule has 214 valence electrons. The number of hydrogen-bond donors (Lipinski definition) is 2. The van der Waals surface area contributed by atoms with E-state index in [1.54, 1.807) is 55.5 Å². The van der Waals surface area contributed by atoms with E-state index >= 15 is 0 Å². The minimum atomic E-state index is -4.39. The Bertz CT molecular complexity index is 1170. The first-order valence-electron chi connectivity index (χ1n) is 13.3. The fraction of sp³-hybridized carbons (Fsp3) is 0.517. The Kier molecular flexibility index (Phi) is 10.00. The summed E-state index contributed by atoms with van der Waals surface area (Å²) >= 11 is 12.2. The van der Waals surface area contributed by atoms with Gasteiger partial charge >= 0.3 is 6.18 Å². The Hall–Kier alpha value is -2.29. The van der Waals surface area contributed by atoms with Crippen LogP contribution in [0.2, 0.25) is 10.0 Å². The molecule has 0 radical (unpaired) electrons. The molecule has 1 saturated heterocycles. The molecule has 1 fully saturated rings. The van der Waals surface area contributed by atoms with E-state index in [2.05, 4.69) is 10.6 Å². The van der Waals surface area contributed by atoms with Crippen molar-refractivity contribution in [3.8, 4) is 0 Å². The predicted octanol–water partition coefficient (Wildman–Crippen LogP) is 8.40. The standard InChI is InChI=1S/C29H37Cl2F3N4O/c1-6-16-28(19(3)24(29(32,33)34)15-17-27(4,7-2)38(28)5)37-26(35-23-10-8-9-22(31)18-23)36-25(39)20-11-13-21(30)14-12-20/h8-14,18-19,24H,6-7,15-17H2,1-5H3,(H2,35,36,37,39). The highest BCUT2D eigenvalue weighted by atomic mass is 35.5. The van der Waals surface area contributed by atoms with E-state index in [4.69, 9.17) is 28.2 Å². The lowest BCUT2D eigenvalue weighted by Gasteiger charge is -2.50. The van der Waals surface area contributed by atoms with E-state index in [0.717, 1.165) is 0 Å². The molecule has 1 amide bonds. The molecule has 0 spiro atoms. The summed E-state index contributed by atoms with van der Waals surface area (Å²) in [4.78, 5) is 20.3. The Morgan fingerprint density at radius 3 is 2.36 bits per heavy atom. The van der Waals surface area contributed by atoms with Crippen LogP contribution in [0.15, 0.2) is 53.5 Å². The maximum Gasteiger partial charge on any atom is 0.392 e. The van der Waals surface area contributed by atoms with Crippen molar-refractivity contribution in [1.82, 2.24) is 10.2 Å². The molecule has 2 N–H and O–H groups in total. The van der Waals surface area contributed by atoms with Gasteiger partial charge in [-0.05, 0) is 82.1 Å². The van der Waals surface area contributed by atoms with Gasteiger partial charge in [0.1, 0.15) is 5.66 Å². The predicted molar refractivity (Wildman–Crippen MR) is 153 cm³/mol. The van der Waals surface area contributed by atoms with Gasteiger partial charge in [-0.1, -0.05) is 56.5 Å². The van der Waals surface area contributed by atoms with Crippen LogP contribution in [0.25, 0.3) is 0 Å². The number of amides is 1. The molecule has 0 aliphatic carbocycles. The van der Waals surface area contributed by atoms with Crippen LogP contribution in [0.1, 0.15) is 70.2 Å². The van der Waals surface area contributed by atoms with Gasteiger partial charge in [0.05, 0.1) is 5.92 Å². The third-order valence-electron chi connectivity index (χ3n) is 8.25. The smallest absolute Gasteiger partial charge is 0.326 e. The summed E-state index contributed by atoms with van der Waals surface area (Å²) in [5.41, 5.74) is -0.921. The molecule has 1 aliphatic rings. The summed E-state index contributed by atoms with van der Waals surface area (Å²) in [6.07, 6.45) is -2.39. The van der Waals surface area contributed by atoms with Crippen LogP contribution in [0.5, 0.6) is 0 Å². The normalized spacial score (nSPS) is 26.7. The minimum absolute atomic E-state index is 0.00845. The van der Waals surface area contributed by atoms with Crippen molar-refractivity contribution in [2.24, 2.45) is 16.8 Å². The summed E-state index contributed by atoms with van der Waals surface area (Å²) in [5.74, 6) is -2.87. The zero-order valence-electron chi connectivity index (χ0n) is 23.0. The zero-order valence-corrected chi connectivity index (χ0v) is 24.5. The van der Waals surface area contributed by atoms with Crippen molar-refractivity contribution in [3.63, 3.8) is 0 Å². The van der Waals surface area contributed by atoms with Crippen molar-refractivity contribution < 1.29 is 18.0 Å². The molecule has 0 bridgehead atoms. The van der Waals surface area contributed by atoms with Crippen molar-refractivity contribution in [1.29, 1.82) is 0 Å². The molecule has 0 aromatic heterocycles. The van der Waals surface area contributed by atoms with Crippen LogP contribution in [0.4, 0.5) is 18.9 Å². The van der Waals surface area contributed by atoms with Gasteiger partial charge in [0.25, 0.3) is 5.91 Å². The third-order valence-corrected chi connectivity index (χ3v) is 8.74. The molecule has 1 aliphatic heterocycles. The molecule has 0 saturated carbocycles. The fourth-order valence-electron chi connectivity index (χ4n) is 5.60. The van der Waals surface area contributed by atoms with Crippen LogP contribution in [-0.4, -0.2) is 41.2 Å². The van der Waals surface area contributed by atoms with E-state index in [1.807, 2.05) is 32.7 Å². The lowest BCUT2D eigenvalue weighted by molar-refractivity contribution is -0.198. The van der Waals surface area contributed by atoms with Crippen molar-refractivity contribution in [2.45, 2.75) is 77.2 Å². The molecule has 2 aromatic carbocycles. The van der Waals surface area contributed by atoms with Gasteiger partial charge in [0, 0.05) is 32.8 Å². The van der Waals surface area contributed by atoms with Gasteiger partial charge in [-0.15, -0.1) is 0 Å². The second-order valence-electron chi connectivity index (χ2n) is 10.6. The number of hydrogen-bond acceptors (Lipinski definition) is 3. The second-order valence-corrected chi connectivity index (χ2v) is 11.4. The van der Waals surface area contributed by atoms with E-state index in [9.17, 15) is 18.0 Å². The number of benzene rings is 2. The third kappa shape index (κ3) is 7.08. The lowest BCUT2D eigenvalue weighted by Crippen LogP contribution is -2.60. The number of carbonyl (C=O) groups is 1. The quantitative estimate of drug-likeness (QED) is 0.265. The molecule has 4 unspecified atom stereocenters. The number of halogens is 5. The molecular formula is C29H37Cl2F3N4O. The first kappa shape index (κ1) is 31.2. The molecule has 5 nitrogen and oxygen atoms in total. The topological polar surface area (TPSA) is 56.7 Å². The average Bonchev–Trinajstić information content (AvgIpc) is 2.94. The first-order valence-corrected chi connectivity index (χ1v) is 14.0. The highest BCUT2D eigenvalue weighted by Crippen LogP contribution is 2.51. The van der Waals surface area contributed by atoms with Crippen LogP contribution in [0, 0.1) is 11.8 Å². The summed E-state index contributed by atoms with van der Waals surface area (Å²) in [7, 11) is 1.86. The number of likely N-dealkylation sites (tertiary alicyclic amines) is 1. The van der Waals surface area contributed by atoms with Gasteiger partial charge in [0.15, 0.2) is 0 Å². The average molecular weight is 586 g/mol. The summed E-state index contributed by atoms with van der Waals surface area (Å²) < 4.78 is 43.4. The lowest BCUT2D eigenvalue weighted by atomic mass is 9.78. The van der Waals surface area contributed by atoms with Gasteiger partial charge in [-0.2, -0.15) is 13.2 Å². The Labute approximate surface area is 239 Å². The van der Waals surface area contributed by atoms with E-state index < -0.39 is 35.1 Å². The molecule has 1 heterocycles. The van der Waals surface area contributed by atoms with Crippen molar-refractivity contribution >= 4 is 40.8 Å². The highest BCUT2D eigenvalue weighted by Gasteiger charge is 2.57. The van der Waals surface area contributed by atoms with Gasteiger partial charge in [-0.3, -0.25) is 15.0 Å². The molecule has 3 rings (SSSR count). The molecule has 4 atom stereocenters. The Balaban J connectivity index is 2.20. The van der Waals surface area contributed by atoms with Gasteiger partial charge < -0.3 is 5.32 Å². The van der Waals surface area contributed by atoms with Gasteiger partial charge in [0.2, 0.25) is 5.96 Å². The van der Waals surface area contributed by atoms with E-state index in [0.29, 0.717) is 47.0 Å². The molecule has 2 aromatic rings. The fourth-order valence-corrected chi connectivity index (χ4v) is 5.92. The maximum absolute atomic E-state index is 14.5. The maximum atomic E-state index is 14.5. The Morgan fingerprint density at radius 1 is 1.13 bits per heavy atom. The summed E-state index contributed by atoms with van der Waals surface area (Å²) in [5, 5.41) is 6.88. The monoisotopic (exact) mass is 584 g/mol. The number of alkyl halides is 3. The zero-order chi connectivity index (χ0) is 29.0.